The third-order valence-electron chi connectivity index (χ3n) is 5.69. The first kappa shape index (κ1) is 19.9. The van der Waals surface area contributed by atoms with Gasteiger partial charge in [-0.15, -0.1) is 11.6 Å². The van der Waals surface area contributed by atoms with Gasteiger partial charge in [-0.1, -0.05) is 41.1 Å². The van der Waals surface area contributed by atoms with E-state index in [0.717, 1.165) is 35.0 Å². The van der Waals surface area contributed by atoms with Crippen molar-refractivity contribution in [1.29, 1.82) is 0 Å². The van der Waals surface area contributed by atoms with E-state index in [2.05, 4.69) is 38.8 Å². The Morgan fingerprint density at radius 1 is 1.25 bits per heavy atom. The molecule has 2 nitrogen and oxygen atoms in total. The molecule has 1 aromatic heterocycles. The molecule has 28 heavy (non-hydrogen) atoms. The van der Waals surface area contributed by atoms with E-state index in [4.69, 9.17) is 11.6 Å². The summed E-state index contributed by atoms with van der Waals surface area (Å²) in [4.78, 5) is 5.58. The Balaban J connectivity index is 1.95. The van der Waals surface area contributed by atoms with E-state index >= 15 is 8.78 Å². The number of fused-ring (bicyclic) bond motifs is 3. The van der Waals surface area contributed by atoms with E-state index in [0.29, 0.717) is 11.0 Å². The van der Waals surface area contributed by atoms with Crippen molar-refractivity contribution in [3.63, 3.8) is 0 Å². The number of aromatic amines is 1. The Morgan fingerprint density at radius 2 is 1.93 bits per heavy atom. The number of halogens is 4. The lowest BCUT2D eigenvalue weighted by molar-refractivity contribution is 0.142. The van der Waals surface area contributed by atoms with Gasteiger partial charge in [0.05, 0.1) is 6.04 Å². The molecule has 2 aromatic carbocycles. The van der Waals surface area contributed by atoms with Crippen molar-refractivity contribution in [3.05, 3.63) is 69.3 Å². The molecule has 0 saturated carbocycles. The van der Waals surface area contributed by atoms with Gasteiger partial charge in [0, 0.05) is 44.6 Å². The van der Waals surface area contributed by atoms with Gasteiger partial charge in [0.15, 0.2) is 0 Å². The maximum absolute atomic E-state index is 15.0. The third kappa shape index (κ3) is 3.38. The Kier molecular flexibility index (Phi) is 5.51. The lowest BCUT2D eigenvalue weighted by atomic mass is 9.88. The standard InChI is InChI=1S/C22H22BrClF2N2/c1-3-14(24)11-28-12(2)8-16-15-6-4-5-7-19(15)27-21(16)22(28)20-17(25)9-13(23)10-18(20)26/h4-7,9-10,12,14,22,27H,3,8,11H2,1-2H3. The summed E-state index contributed by atoms with van der Waals surface area (Å²) >= 11 is 9.67. The zero-order valence-corrected chi connectivity index (χ0v) is 18.1. The van der Waals surface area contributed by atoms with Crippen LogP contribution in [0.5, 0.6) is 0 Å². The van der Waals surface area contributed by atoms with E-state index in [1.807, 2.05) is 25.1 Å². The number of hydrogen-bond acceptors (Lipinski definition) is 1. The number of nitrogens with zero attached hydrogens (tertiary/aromatic N) is 1. The lowest BCUT2D eigenvalue weighted by Crippen LogP contribution is -2.45. The summed E-state index contributed by atoms with van der Waals surface area (Å²) in [6.45, 7) is 4.69. The predicted octanol–water partition coefficient (Wildman–Crippen LogP) is 6.56. The van der Waals surface area contributed by atoms with E-state index in [-0.39, 0.29) is 17.0 Å². The van der Waals surface area contributed by atoms with Crippen molar-refractivity contribution < 1.29 is 8.78 Å². The number of nitrogens with one attached hydrogen (secondary N) is 1. The maximum Gasteiger partial charge on any atom is 0.132 e. The largest absolute Gasteiger partial charge is 0.357 e. The molecule has 148 valence electrons. The van der Waals surface area contributed by atoms with Crippen molar-refractivity contribution in [2.24, 2.45) is 0 Å². The van der Waals surface area contributed by atoms with E-state index in [9.17, 15) is 0 Å². The molecule has 0 aliphatic carbocycles. The Bertz CT molecular complexity index is 996. The Labute approximate surface area is 177 Å². The van der Waals surface area contributed by atoms with Crippen LogP contribution in [0.1, 0.15) is 43.1 Å². The third-order valence-corrected chi connectivity index (χ3v) is 6.59. The maximum atomic E-state index is 15.0. The molecule has 1 aliphatic heterocycles. The summed E-state index contributed by atoms with van der Waals surface area (Å²) in [6, 6.07) is 10.2. The fraction of sp³-hybridized carbons (Fsp3) is 0.364. The molecule has 1 N–H and O–H groups in total. The predicted molar refractivity (Wildman–Crippen MR) is 114 cm³/mol. The lowest BCUT2D eigenvalue weighted by Gasteiger charge is -2.42. The number of para-hydroxylation sites is 1. The fourth-order valence-electron chi connectivity index (χ4n) is 4.28. The number of hydrogen-bond donors (Lipinski definition) is 1. The van der Waals surface area contributed by atoms with Gasteiger partial charge in [-0.3, -0.25) is 4.90 Å². The smallest absolute Gasteiger partial charge is 0.132 e. The first-order chi connectivity index (χ1) is 13.4. The second kappa shape index (κ2) is 7.77. The minimum absolute atomic E-state index is 0.0718. The summed E-state index contributed by atoms with van der Waals surface area (Å²) in [5.41, 5.74) is 3.05. The highest BCUT2D eigenvalue weighted by atomic mass is 79.9. The van der Waals surface area contributed by atoms with Gasteiger partial charge in [-0.05, 0) is 43.5 Å². The summed E-state index contributed by atoms with van der Waals surface area (Å²) in [6.07, 6.45) is 1.60. The number of aromatic nitrogens is 1. The molecule has 3 aromatic rings. The normalized spacial score (nSPS) is 21.1. The minimum atomic E-state index is -0.553. The first-order valence-corrected chi connectivity index (χ1v) is 10.8. The van der Waals surface area contributed by atoms with Crippen molar-refractivity contribution in [2.75, 3.05) is 6.54 Å². The van der Waals surface area contributed by atoms with E-state index < -0.39 is 17.7 Å². The summed E-state index contributed by atoms with van der Waals surface area (Å²) < 4.78 is 30.4. The molecule has 1 aliphatic rings. The van der Waals surface area contributed by atoms with Gasteiger partial charge in [-0.2, -0.15) is 0 Å². The molecule has 0 saturated heterocycles. The van der Waals surface area contributed by atoms with Crippen LogP contribution in [0.3, 0.4) is 0 Å². The molecule has 0 fully saturated rings. The van der Waals surface area contributed by atoms with Crippen LogP contribution in [0.25, 0.3) is 10.9 Å². The SMILES string of the molecule is CCC(Cl)CN1C(C)Cc2c([nH]c3ccccc23)C1c1c(F)cc(Br)cc1F. The average molecular weight is 468 g/mol. The molecule has 6 heteroatoms. The molecule has 0 spiro atoms. The molecule has 4 rings (SSSR count). The second-order valence-electron chi connectivity index (χ2n) is 7.50. The monoisotopic (exact) mass is 466 g/mol. The topological polar surface area (TPSA) is 19.0 Å². The highest BCUT2D eigenvalue weighted by Gasteiger charge is 2.39. The van der Waals surface area contributed by atoms with Crippen LogP contribution in [0.4, 0.5) is 8.78 Å². The van der Waals surface area contributed by atoms with Crippen LogP contribution in [-0.4, -0.2) is 27.8 Å². The second-order valence-corrected chi connectivity index (χ2v) is 9.04. The number of rotatable bonds is 4. The molecule has 2 heterocycles. The first-order valence-electron chi connectivity index (χ1n) is 9.54. The minimum Gasteiger partial charge on any atom is -0.357 e. The van der Waals surface area contributed by atoms with Crippen LogP contribution in [0, 0.1) is 11.6 Å². The van der Waals surface area contributed by atoms with Crippen LogP contribution in [-0.2, 0) is 6.42 Å². The molecule has 3 unspecified atom stereocenters. The van der Waals surface area contributed by atoms with Gasteiger partial charge in [0.1, 0.15) is 11.6 Å². The van der Waals surface area contributed by atoms with Crippen LogP contribution >= 0.6 is 27.5 Å². The van der Waals surface area contributed by atoms with Crippen molar-refractivity contribution in [3.8, 4) is 0 Å². The average Bonchev–Trinajstić information content (AvgIpc) is 3.01. The van der Waals surface area contributed by atoms with Gasteiger partial charge < -0.3 is 4.98 Å². The number of alkyl halides is 1. The van der Waals surface area contributed by atoms with Crippen molar-refractivity contribution in [2.45, 2.75) is 44.1 Å². The van der Waals surface area contributed by atoms with E-state index in [1.54, 1.807) is 0 Å². The van der Waals surface area contributed by atoms with Gasteiger partial charge >= 0.3 is 0 Å². The van der Waals surface area contributed by atoms with Crippen molar-refractivity contribution >= 4 is 38.4 Å². The number of benzene rings is 2. The highest BCUT2D eigenvalue weighted by Crippen LogP contribution is 2.43. The van der Waals surface area contributed by atoms with Crippen LogP contribution in [0.15, 0.2) is 40.9 Å². The van der Waals surface area contributed by atoms with Crippen LogP contribution in [0.2, 0.25) is 0 Å². The quantitative estimate of drug-likeness (QED) is 0.430. The van der Waals surface area contributed by atoms with E-state index in [1.165, 1.54) is 12.1 Å². The zero-order chi connectivity index (χ0) is 20.0. The number of H-pyrrole nitrogens is 1. The van der Waals surface area contributed by atoms with Gasteiger partial charge in [0.2, 0.25) is 0 Å². The molecular weight excluding hydrogens is 446 g/mol. The highest BCUT2D eigenvalue weighted by molar-refractivity contribution is 9.10. The van der Waals surface area contributed by atoms with Crippen LogP contribution < -0.4 is 0 Å². The summed E-state index contributed by atoms with van der Waals surface area (Å²) in [5.74, 6) is -1.11. The molecular formula is C22H22BrClF2N2. The molecule has 0 radical (unpaired) electrons. The molecule has 0 bridgehead atoms. The summed E-state index contributed by atoms with van der Waals surface area (Å²) in [7, 11) is 0. The van der Waals surface area contributed by atoms with Gasteiger partial charge in [-0.25, -0.2) is 8.78 Å². The summed E-state index contributed by atoms with van der Waals surface area (Å²) in [5, 5.41) is 1.03. The van der Waals surface area contributed by atoms with Gasteiger partial charge in [0.25, 0.3) is 0 Å². The molecule has 0 amide bonds. The Hall–Kier alpha value is -1.43. The zero-order valence-electron chi connectivity index (χ0n) is 15.8. The molecule has 3 atom stereocenters. The fourth-order valence-corrected chi connectivity index (χ4v) is 4.84. The van der Waals surface area contributed by atoms with Crippen molar-refractivity contribution in [1.82, 2.24) is 9.88 Å². The Morgan fingerprint density at radius 3 is 2.61 bits per heavy atom.